The quantitative estimate of drug-likeness (QED) is 0.597. The molecule has 1 amide bonds. The maximum Gasteiger partial charge on any atom is 0.348 e. The SMILES string of the molecule is COC(=O)[C@@H]1CN(C(=O)c2ccc(OC)c(S(=O)(=O)N3CCCCCC3)c2)c2ccccc2O1. The molecule has 2 aliphatic heterocycles. The van der Waals surface area contributed by atoms with Crippen LogP contribution in [0.5, 0.6) is 11.5 Å². The molecule has 0 N–H and O–H groups in total. The monoisotopic (exact) mass is 488 g/mol. The van der Waals surface area contributed by atoms with Gasteiger partial charge in [0.05, 0.1) is 26.5 Å². The summed E-state index contributed by atoms with van der Waals surface area (Å²) in [7, 11) is -1.21. The average molecular weight is 489 g/mol. The van der Waals surface area contributed by atoms with Gasteiger partial charge in [-0.3, -0.25) is 4.79 Å². The predicted molar refractivity (Wildman–Crippen MR) is 125 cm³/mol. The second-order valence-electron chi connectivity index (χ2n) is 8.20. The van der Waals surface area contributed by atoms with Crippen molar-refractivity contribution in [3.63, 3.8) is 0 Å². The van der Waals surface area contributed by atoms with Gasteiger partial charge in [-0.15, -0.1) is 0 Å². The van der Waals surface area contributed by atoms with E-state index < -0.39 is 28.0 Å². The summed E-state index contributed by atoms with van der Waals surface area (Å²) in [5.41, 5.74) is 0.648. The van der Waals surface area contributed by atoms with Gasteiger partial charge in [-0.1, -0.05) is 25.0 Å². The minimum Gasteiger partial charge on any atom is -0.495 e. The van der Waals surface area contributed by atoms with Gasteiger partial charge in [0.1, 0.15) is 16.4 Å². The fourth-order valence-electron chi connectivity index (χ4n) is 4.27. The van der Waals surface area contributed by atoms with Gasteiger partial charge in [0, 0.05) is 18.7 Å². The van der Waals surface area contributed by atoms with Crippen molar-refractivity contribution >= 4 is 27.6 Å². The highest BCUT2D eigenvalue weighted by Gasteiger charge is 2.36. The predicted octanol–water partition coefficient (Wildman–Crippen LogP) is 2.84. The van der Waals surface area contributed by atoms with Crippen molar-refractivity contribution in [2.45, 2.75) is 36.7 Å². The molecule has 2 aliphatic rings. The van der Waals surface area contributed by atoms with E-state index in [0.717, 1.165) is 25.7 Å². The van der Waals surface area contributed by atoms with Crippen LogP contribution in [0.3, 0.4) is 0 Å². The number of hydrogen-bond donors (Lipinski definition) is 0. The Hall–Kier alpha value is -3.11. The van der Waals surface area contributed by atoms with Crippen molar-refractivity contribution in [3.8, 4) is 11.5 Å². The van der Waals surface area contributed by atoms with Crippen molar-refractivity contribution in [2.75, 3.05) is 38.8 Å². The van der Waals surface area contributed by atoms with Crippen LogP contribution in [-0.4, -0.2) is 64.6 Å². The van der Waals surface area contributed by atoms with E-state index in [1.807, 2.05) is 0 Å². The smallest absolute Gasteiger partial charge is 0.348 e. The number of carbonyl (C=O) groups is 2. The molecule has 182 valence electrons. The summed E-state index contributed by atoms with van der Waals surface area (Å²) in [5.74, 6) is -0.523. The van der Waals surface area contributed by atoms with Gasteiger partial charge in [0.25, 0.3) is 5.91 Å². The Bertz CT molecular complexity index is 1170. The fraction of sp³-hybridized carbons (Fsp3) is 0.417. The number of para-hydroxylation sites is 2. The standard InChI is InChI=1S/C24H28N2O7S/c1-31-20-12-11-17(15-22(20)34(29,30)25-13-7-3-4-8-14-25)23(27)26-16-21(24(28)32-2)33-19-10-6-5-9-18(19)26/h5-6,9-12,15,21H,3-4,7-8,13-14,16H2,1-2H3/t21-/m0/s1. The fourth-order valence-corrected chi connectivity index (χ4v) is 5.97. The molecule has 0 aliphatic carbocycles. The number of amides is 1. The summed E-state index contributed by atoms with van der Waals surface area (Å²) >= 11 is 0. The summed E-state index contributed by atoms with van der Waals surface area (Å²) in [6.07, 6.45) is 2.56. The molecule has 9 nitrogen and oxygen atoms in total. The molecular formula is C24H28N2O7S. The molecule has 34 heavy (non-hydrogen) atoms. The van der Waals surface area contributed by atoms with Gasteiger partial charge in [-0.25, -0.2) is 13.2 Å². The first-order valence-electron chi connectivity index (χ1n) is 11.2. The molecule has 2 heterocycles. The largest absolute Gasteiger partial charge is 0.495 e. The van der Waals surface area contributed by atoms with E-state index in [9.17, 15) is 18.0 Å². The van der Waals surface area contributed by atoms with E-state index >= 15 is 0 Å². The average Bonchev–Trinajstić information content (AvgIpc) is 3.17. The Balaban J connectivity index is 1.72. The number of fused-ring (bicyclic) bond motifs is 1. The molecule has 0 spiro atoms. The maximum atomic E-state index is 13.6. The number of rotatable bonds is 5. The number of benzene rings is 2. The van der Waals surface area contributed by atoms with Gasteiger partial charge >= 0.3 is 5.97 Å². The van der Waals surface area contributed by atoms with E-state index in [2.05, 4.69) is 0 Å². The number of carbonyl (C=O) groups excluding carboxylic acids is 2. The van der Waals surface area contributed by atoms with Crippen LogP contribution in [-0.2, 0) is 19.6 Å². The second kappa shape index (κ2) is 10.0. The number of sulfonamides is 1. The number of methoxy groups -OCH3 is 2. The lowest BCUT2D eigenvalue weighted by molar-refractivity contribution is -0.148. The van der Waals surface area contributed by atoms with E-state index in [1.165, 1.54) is 41.6 Å². The topological polar surface area (TPSA) is 102 Å². The van der Waals surface area contributed by atoms with Crippen LogP contribution in [0.15, 0.2) is 47.4 Å². The lowest BCUT2D eigenvalue weighted by Gasteiger charge is -2.33. The highest BCUT2D eigenvalue weighted by Crippen LogP contribution is 2.35. The summed E-state index contributed by atoms with van der Waals surface area (Å²) in [6, 6.07) is 11.2. The Kier molecular flexibility index (Phi) is 7.08. The third-order valence-electron chi connectivity index (χ3n) is 6.08. The van der Waals surface area contributed by atoms with E-state index in [4.69, 9.17) is 14.2 Å². The Morgan fingerprint density at radius 1 is 1.00 bits per heavy atom. The molecule has 1 atom stereocenters. The first-order chi connectivity index (χ1) is 16.4. The lowest BCUT2D eigenvalue weighted by atomic mass is 10.1. The molecule has 0 radical (unpaired) electrons. The summed E-state index contributed by atoms with van der Waals surface area (Å²) < 4.78 is 44.3. The molecule has 1 saturated heterocycles. The summed E-state index contributed by atoms with van der Waals surface area (Å²) in [4.78, 5) is 27.1. The molecule has 4 rings (SSSR count). The van der Waals surface area contributed by atoms with Gasteiger partial charge in [0.2, 0.25) is 16.1 Å². The lowest BCUT2D eigenvalue weighted by Crippen LogP contribution is -2.47. The molecule has 2 aromatic carbocycles. The van der Waals surface area contributed by atoms with Crippen LogP contribution in [0.25, 0.3) is 0 Å². The molecule has 1 fully saturated rings. The normalized spacial score (nSPS) is 18.9. The van der Waals surface area contributed by atoms with Gasteiger partial charge < -0.3 is 19.1 Å². The van der Waals surface area contributed by atoms with Crippen molar-refractivity contribution in [2.24, 2.45) is 0 Å². The molecule has 0 aromatic heterocycles. The number of nitrogens with zero attached hydrogens (tertiary/aromatic N) is 2. The van der Waals surface area contributed by atoms with Gasteiger partial charge in [-0.05, 0) is 43.2 Å². The third-order valence-corrected chi connectivity index (χ3v) is 8.00. The van der Waals surface area contributed by atoms with Gasteiger partial charge in [-0.2, -0.15) is 4.31 Å². The molecule has 0 bridgehead atoms. The number of esters is 1. The zero-order chi connectivity index (χ0) is 24.3. The molecule has 0 unspecified atom stereocenters. The van der Waals surface area contributed by atoms with E-state index in [1.54, 1.807) is 24.3 Å². The van der Waals surface area contributed by atoms with E-state index in [0.29, 0.717) is 24.5 Å². The van der Waals surface area contributed by atoms with Gasteiger partial charge in [0.15, 0.2) is 0 Å². The first kappa shape index (κ1) is 24.0. The Morgan fingerprint density at radius 2 is 1.71 bits per heavy atom. The van der Waals surface area contributed by atoms with E-state index in [-0.39, 0.29) is 22.8 Å². The van der Waals surface area contributed by atoms with Crippen LogP contribution < -0.4 is 14.4 Å². The molecule has 2 aromatic rings. The minimum absolute atomic E-state index is 0.0474. The van der Waals surface area contributed by atoms with Crippen LogP contribution >= 0.6 is 0 Å². The molecule has 0 saturated carbocycles. The maximum absolute atomic E-state index is 13.6. The summed E-state index contributed by atoms with van der Waals surface area (Å²) in [5, 5.41) is 0. The Morgan fingerprint density at radius 3 is 2.38 bits per heavy atom. The van der Waals surface area contributed by atoms with Crippen LogP contribution in [0.4, 0.5) is 5.69 Å². The molecular weight excluding hydrogens is 460 g/mol. The van der Waals surface area contributed by atoms with Crippen LogP contribution in [0.1, 0.15) is 36.0 Å². The third kappa shape index (κ3) is 4.60. The van der Waals surface area contributed by atoms with Crippen molar-refractivity contribution in [3.05, 3.63) is 48.0 Å². The zero-order valence-corrected chi connectivity index (χ0v) is 20.0. The number of hydrogen-bond acceptors (Lipinski definition) is 7. The highest BCUT2D eigenvalue weighted by molar-refractivity contribution is 7.89. The number of ether oxygens (including phenoxy) is 3. The molecule has 10 heteroatoms. The zero-order valence-electron chi connectivity index (χ0n) is 19.2. The highest BCUT2D eigenvalue weighted by atomic mass is 32.2. The van der Waals surface area contributed by atoms with Crippen molar-refractivity contribution in [1.29, 1.82) is 0 Å². The van der Waals surface area contributed by atoms with Crippen LogP contribution in [0.2, 0.25) is 0 Å². The minimum atomic E-state index is -3.86. The number of anilines is 1. The Labute approximate surface area is 199 Å². The van der Waals surface area contributed by atoms with Crippen molar-refractivity contribution < 1.29 is 32.2 Å². The van der Waals surface area contributed by atoms with Crippen LogP contribution in [0, 0.1) is 0 Å². The first-order valence-corrected chi connectivity index (χ1v) is 12.6. The summed E-state index contributed by atoms with van der Waals surface area (Å²) in [6.45, 7) is 0.797. The second-order valence-corrected chi connectivity index (χ2v) is 10.1. The van der Waals surface area contributed by atoms with Crippen molar-refractivity contribution in [1.82, 2.24) is 4.31 Å².